The van der Waals surface area contributed by atoms with Crippen molar-refractivity contribution >= 4 is 10.0 Å². The van der Waals surface area contributed by atoms with E-state index in [9.17, 15) is 8.42 Å². The van der Waals surface area contributed by atoms with Gasteiger partial charge in [0.1, 0.15) is 0 Å². The minimum Gasteiger partial charge on any atom is -0.333 e. The molecule has 0 aromatic rings. The molecule has 0 fully saturated rings. The third kappa shape index (κ3) is 9.87. The maximum absolute atomic E-state index is 10.6. The third-order valence-corrected chi connectivity index (χ3v) is 2.76. The first-order valence-corrected chi connectivity index (χ1v) is 5.59. The molecule has 0 aromatic heterocycles. The van der Waals surface area contributed by atoms with Crippen LogP contribution in [0.5, 0.6) is 0 Å². The fourth-order valence-corrected chi connectivity index (χ4v) is 0.775. The Balaban J connectivity index is -0.000000175. The Morgan fingerprint density at radius 2 is 1.42 bits per heavy atom. The second kappa shape index (κ2) is 10.9. The molecule has 0 spiro atoms. The molecule has 5 heteroatoms. The van der Waals surface area contributed by atoms with Gasteiger partial charge in [0, 0.05) is 14.1 Å². The summed E-state index contributed by atoms with van der Waals surface area (Å²) >= 11 is 0. The molecule has 0 radical (unpaired) electrons. The Labute approximate surface area is 76.8 Å². The Morgan fingerprint density at radius 1 is 1.17 bits per heavy atom. The van der Waals surface area contributed by atoms with Crippen molar-refractivity contribution in [3.8, 4) is 0 Å². The van der Waals surface area contributed by atoms with Crippen LogP contribution in [-0.4, -0.2) is 39.6 Å². The summed E-state index contributed by atoms with van der Waals surface area (Å²) in [5.74, 6) is 0.181. The van der Waals surface area contributed by atoms with Gasteiger partial charge in [-0.25, -0.2) is 12.7 Å². The lowest BCUT2D eigenvalue weighted by Crippen LogP contribution is -2.23. The quantitative estimate of drug-likeness (QED) is 0.702. The lowest BCUT2D eigenvalue weighted by molar-refractivity contribution is 0.522. The van der Waals surface area contributed by atoms with Crippen molar-refractivity contribution < 1.29 is 8.42 Å². The molecular weight excluding hydrogens is 176 g/mol. The van der Waals surface area contributed by atoms with Crippen molar-refractivity contribution in [2.75, 3.05) is 26.9 Å². The predicted octanol–water partition coefficient (Wildman–Crippen LogP) is 0.499. The van der Waals surface area contributed by atoms with Crippen molar-refractivity contribution in [2.24, 2.45) is 5.73 Å². The van der Waals surface area contributed by atoms with Crippen molar-refractivity contribution in [2.45, 2.75) is 20.8 Å². The van der Waals surface area contributed by atoms with Crippen molar-refractivity contribution in [3.63, 3.8) is 0 Å². The van der Waals surface area contributed by atoms with Crippen molar-refractivity contribution in [1.29, 1.82) is 0 Å². The minimum absolute atomic E-state index is 0.181. The van der Waals surface area contributed by atoms with Crippen molar-refractivity contribution in [1.82, 2.24) is 4.31 Å². The second-order valence-electron chi connectivity index (χ2n) is 1.68. The van der Waals surface area contributed by atoms with Gasteiger partial charge in [0.2, 0.25) is 10.0 Å². The van der Waals surface area contributed by atoms with Gasteiger partial charge in [-0.1, -0.05) is 13.8 Å². The van der Waals surface area contributed by atoms with Crippen LogP contribution in [0.1, 0.15) is 20.8 Å². The fraction of sp³-hybridized carbons (Fsp3) is 1.00. The van der Waals surface area contributed by atoms with E-state index >= 15 is 0 Å². The highest BCUT2D eigenvalue weighted by atomic mass is 32.2. The van der Waals surface area contributed by atoms with Gasteiger partial charge in [-0.05, 0) is 14.0 Å². The fourth-order valence-electron chi connectivity index (χ4n) is 0.258. The van der Waals surface area contributed by atoms with E-state index in [4.69, 9.17) is 0 Å². The van der Waals surface area contributed by atoms with Gasteiger partial charge in [0.25, 0.3) is 0 Å². The first-order valence-electron chi connectivity index (χ1n) is 3.98. The van der Waals surface area contributed by atoms with Gasteiger partial charge in [0.05, 0.1) is 5.75 Å². The Bertz CT molecular complexity index is 153. The number of rotatable bonds is 2. The largest absolute Gasteiger partial charge is 0.333 e. The van der Waals surface area contributed by atoms with Crippen LogP contribution in [0.2, 0.25) is 0 Å². The Kier molecular flexibility index (Phi) is 16.1. The summed E-state index contributed by atoms with van der Waals surface area (Å²) in [5, 5.41) is 0. The van der Waals surface area contributed by atoms with E-state index in [1.807, 2.05) is 13.8 Å². The lowest BCUT2D eigenvalue weighted by atomic mass is 11.0. The van der Waals surface area contributed by atoms with E-state index in [1.54, 1.807) is 6.92 Å². The van der Waals surface area contributed by atoms with Crippen LogP contribution in [-0.2, 0) is 10.0 Å². The molecule has 0 aromatic carbocycles. The lowest BCUT2D eigenvalue weighted by Gasteiger charge is -2.06. The molecule has 0 bridgehead atoms. The third-order valence-electron chi connectivity index (χ3n) is 0.921. The molecule has 0 amide bonds. The number of nitrogens with two attached hydrogens (primary N) is 1. The summed E-state index contributed by atoms with van der Waals surface area (Å²) in [6.07, 6.45) is 0. The van der Waals surface area contributed by atoms with Gasteiger partial charge >= 0.3 is 0 Å². The highest BCUT2D eigenvalue weighted by Gasteiger charge is 2.07. The van der Waals surface area contributed by atoms with E-state index in [1.165, 1.54) is 25.4 Å². The maximum Gasteiger partial charge on any atom is 0.213 e. The zero-order valence-corrected chi connectivity index (χ0v) is 9.77. The Hall–Kier alpha value is -0.130. The van der Waals surface area contributed by atoms with Gasteiger partial charge in [0.15, 0.2) is 0 Å². The summed E-state index contributed by atoms with van der Waals surface area (Å²) in [6, 6.07) is 0. The molecule has 0 aliphatic carbocycles. The van der Waals surface area contributed by atoms with Crippen LogP contribution in [0.4, 0.5) is 0 Å². The van der Waals surface area contributed by atoms with Crippen molar-refractivity contribution in [3.05, 3.63) is 0 Å². The zero-order chi connectivity index (χ0) is 10.8. The van der Waals surface area contributed by atoms with Gasteiger partial charge in [-0.2, -0.15) is 0 Å². The molecule has 0 heterocycles. The van der Waals surface area contributed by atoms with Crippen LogP contribution in [0.15, 0.2) is 0 Å². The number of sulfonamides is 1. The molecule has 4 nitrogen and oxygen atoms in total. The smallest absolute Gasteiger partial charge is 0.213 e. The van der Waals surface area contributed by atoms with Gasteiger partial charge in [-0.15, -0.1) is 0 Å². The van der Waals surface area contributed by atoms with Crippen LogP contribution >= 0.6 is 0 Å². The highest BCUT2D eigenvalue weighted by molar-refractivity contribution is 7.89. The number of nitrogens with zero attached hydrogens (tertiary/aromatic N) is 1. The first kappa shape index (κ1) is 17.8. The molecule has 12 heavy (non-hydrogen) atoms. The number of hydrogen-bond acceptors (Lipinski definition) is 3. The summed E-state index contributed by atoms with van der Waals surface area (Å²) < 4.78 is 22.5. The molecule has 0 aliphatic rings. The molecule has 0 rings (SSSR count). The van der Waals surface area contributed by atoms with Crippen LogP contribution in [0.3, 0.4) is 0 Å². The van der Waals surface area contributed by atoms with Crippen LogP contribution in [0, 0.1) is 0 Å². The summed E-state index contributed by atoms with van der Waals surface area (Å²) in [6.45, 7) is 5.62. The topological polar surface area (TPSA) is 63.4 Å². The van der Waals surface area contributed by atoms with Crippen LogP contribution < -0.4 is 5.73 Å². The monoisotopic (exact) mass is 198 g/mol. The van der Waals surface area contributed by atoms with E-state index in [2.05, 4.69) is 5.73 Å². The summed E-state index contributed by atoms with van der Waals surface area (Å²) in [7, 11) is 1.65. The summed E-state index contributed by atoms with van der Waals surface area (Å²) in [4.78, 5) is 0. The van der Waals surface area contributed by atoms with Gasteiger partial charge < -0.3 is 5.73 Å². The predicted molar refractivity (Wildman–Crippen MR) is 54.6 cm³/mol. The second-order valence-corrected chi connectivity index (χ2v) is 4.15. The molecule has 0 aliphatic heterocycles. The normalized spacial score (nSPS) is 9.33. The molecule has 0 atom stereocenters. The average molecular weight is 198 g/mol. The van der Waals surface area contributed by atoms with E-state index in [0.29, 0.717) is 0 Å². The average Bonchev–Trinajstić information content (AvgIpc) is 2.11. The minimum atomic E-state index is -2.90. The molecule has 0 saturated carbocycles. The molecule has 0 saturated heterocycles. The SMILES string of the molecule is CC.CCS(=O)(=O)N(C)C.CN. The van der Waals surface area contributed by atoms with E-state index < -0.39 is 10.0 Å². The standard InChI is InChI=1S/C4H11NO2S.C2H6.CH5N/c1-4-8(6,7)5(2)3;2*1-2/h4H2,1-3H3;1-2H3;2H2,1H3. The molecule has 0 unspecified atom stereocenters. The summed E-state index contributed by atoms with van der Waals surface area (Å²) in [5.41, 5.74) is 4.50. The first-order chi connectivity index (χ1) is 5.50. The molecule has 78 valence electrons. The van der Waals surface area contributed by atoms with Gasteiger partial charge in [-0.3, -0.25) is 0 Å². The Morgan fingerprint density at radius 3 is 1.42 bits per heavy atom. The number of hydrogen-bond donors (Lipinski definition) is 1. The van der Waals surface area contributed by atoms with Crippen LogP contribution in [0.25, 0.3) is 0 Å². The zero-order valence-electron chi connectivity index (χ0n) is 8.96. The molecule has 2 N–H and O–H groups in total. The molecular formula is C7H22N2O2S. The van der Waals surface area contributed by atoms with E-state index in [0.717, 1.165) is 0 Å². The van der Waals surface area contributed by atoms with E-state index in [-0.39, 0.29) is 5.75 Å². The maximum atomic E-state index is 10.6. The highest BCUT2D eigenvalue weighted by Crippen LogP contribution is 1.90.